The van der Waals surface area contributed by atoms with Crippen molar-refractivity contribution in [3.8, 4) is 28.3 Å². The number of aromatic nitrogens is 4. The molecule has 0 saturated heterocycles. The lowest BCUT2D eigenvalue weighted by Gasteiger charge is -2.14. The third kappa shape index (κ3) is 3.47. The molecule has 5 aromatic rings. The first-order valence-corrected chi connectivity index (χ1v) is 10.5. The fourth-order valence-corrected chi connectivity index (χ4v) is 4.50. The number of rotatable bonds is 3. The Morgan fingerprint density at radius 3 is 2.41 bits per heavy atom. The molecule has 3 aromatic heterocycles. The quantitative estimate of drug-likeness (QED) is 0.327. The molecule has 0 fully saturated rings. The standard InChI is InChI=1S/C24H16Cl2N4O2/c1-13-6-15(20-11-27-12-32-20)10-16(7-13)21-17-4-3-5-28-22(17)24(31)30(29-21)23-18(25)8-14(2)9-19(23)26/h3-12H,1-2H3. The second-order valence-electron chi connectivity index (χ2n) is 7.50. The van der Waals surface area contributed by atoms with Gasteiger partial charge in [-0.1, -0.05) is 23.2 Å². The van der Waals surface area contributed by atoms with E-state index in [2.05, 4.69) is 9.97 Å². The molecule has 0 amide bonds. The molecule has 0 N–H and O–H groups in total. The molecule has 0 bridgehead atoms. The van der Waals surface area contributed by atoms with E-state index >= 15 is 0 Å². The molecule has 0 atom stereocenters. The van der Waals surface area contributed by atoms with Gasteiger partial charge >= 0.3 is 0 Å². The van der Waals surface area contributed by atoms with Crippen molar-refractivity contribution in [1.29, 1.82) is 0 Å². The fraction of sp³-hybridized carbons (Fsp3) is 0.0833. The largest absolute Gasteiger partial charge is 0.444 e. The van der Waals surface area contributed by atoms with Gasteiger partial charge < -0.3 is 4.42 Å². The molecular weight excluding hydrogens is 447 g/mol. The van der Waals surface area contributed by atoms with E-state index in [4.69, 9.17) is 32.7 Å². The highest BCUT2D eigenvalue weighted by atomic mass is 35.5. The SMILES string of the molecule is Cc1cc(-c2cnco2)cc(-c2nn(-c3c(Cl)cc(C)cc3Cl)c(=O)c3ncccc23)c1. The van der Waals surface area contributed by atoms with Crippen LogP contribution in [0.2, 0.25) is 10.0 Å². The molecule has 5 rings (SSSR count). The Balaban J connectivity index is 1.85. The van der Waals surface area contributed by atoms with Crippen LogP contribution >= 0.6 is 23.2 Å². The lowest BCUT2D eigenvalue weighted by Crippen LogP contribution is -2.23. The highest BCUT2D eigenvalue weighted by molar-refractivity contribution is 6.37. The summed E-state index contributed by atoms with van der Waals surface area (Å²) in [5.74, 6) is 0.635. The number of nitrogens with zero attached hydrogens (tertiary/aromatic N) is 4. The van der Waals surface area contributed by atoms with Crippen LogP contribution in [0.4, 0.5) is 0 Å². The van der Waals surface area contributed by atoms with E-state index < -0.39 is 5.56 Å². The predicted octanol–water partition coefficient (Wildman–Crippen LogP) is 6.03. The van der Waals surface area contributed by atoms with Crippen LogP contribution in [0, 0.1) is 13.8 Å². The van der Waals surface area contributed by atoms with Crippen LogP contribution in [-0.4, -0.2) is 19.7 Å². The van der Waals surface area contributed by atoms with E-state index in [0.29, 0.717) is 32.6 Å². The van der Waals surface area contributed by atoms with Crippen LogP contribution in [0.5, 0.6) is 0 Å². The molecule has 0 radical (unpaired) electrons. The van der Waals surface area contributed by atoms with Gasteiger partial charge in [0.2, 0.25) is 0 Å². The number of pyridine rings is 1. The lowest BCUT2D eigenvalue weighted by molar-refractivity contribution is 0.572. The number of oxazole rings is 1. The molecule has 0 aliphatic rings. The topological polar surface area (TPSA) is 73.8 Å². The summed E-state index contributed by atoms with van der Waals surface area (Å²) in [6, 6.07) is 13.0. The minimum Gasteiger partial charge on any atom is -0.444 e. The molecule has 6 nitrogen and oxygen atoms in total. The first-order valence-electron chi connectivity index (χ1n) is 9.77. The highest BCUT2D eigenvalue weighted by Gasteiger charge is 2.19. The Morgan fingerprint density at radius 2 is 1.69 bits per heavy atom. The number of hydrogen-bond donors (Lipinski definition) is 0. The number of benzene rings is 2. The van der Waals surface area contributed by atoms with Gasteiger partial charge in [-0.05, 0) is 67.4 Å². The van der Waals surface area contributed by atoms with Crippen molar-refractivity contribution >= 4 is 34.1 Å². The average Bonchev–Trinajstić information content (AvgIpc) is 3.29. The highest BCUT2D eigenvalue weighted by Crippen LogP contribution is 2.33. The fourth-order valence-electron chi connectivity index (χ4n) is 3.75. The average molecular weight is 463 g/mol. The van der Waals surface area contributed by atoms with Gasteiger partial charge in [0, 0.05) is 22.7 Å². The molecule has 32 heavy (non-hydrogen) atoms. The molecule has 0 saturated carbocycles. The van der Waals surface area contributed by atoms with Gasteiger partial charge in [-0.3, -0.25) is 9.78 Å². The van der Waals surface area contributed by atoms with Gasteiger partial charge in [-0.2, -0.15) is 9.78 Å². The molecule has 0 aliphatic carbocycles. The molecule has 3 heterocycles. The summed E-state index contributed by atoms with van der Waals surface area (Å²) in [5, 5.41) is 5.99. The van der Waals surface area contributed by atoms with Crippen molar-refractivity contribution < 1.29 is 4.42 Å². The summed E-state index contributed by atoms with van der Waals surface area (Å²) >= 11 is 13.0. The molecule has 158 valence electrons. The second kappa shape index (κ2) is 7.89. The number of halogens is 2. The molecule has 0 unspecified atom stereocenters. The smallest absolute Gasteiger partial charge is 0.298 e. The maximum absolute atomic E-state index is 13.3. The third-order valence-corrected chi connectivity index (χ3v) is 5.67. The molecule has 2 aromatic carbocycles. The Bertz CT molecular complexity index is 1520. The van der Waals surface area contributed by atoms with Gasteiger partial charge in [-0.15, -0.1) is 0 Å². The van der Waals surface area contributed by atoms with E-state index in [1.807, 2.05) is 38.1 Å². The van der Waals surface area contributed by atoms with Gasteiger partial charge in [-0.25, -0.2) is 4.98 Å². The van der Waals surface area contributed by atoms with Crippen LogP contribution in [0.1, 0.15) is 11.1 Å². The van der Waals surface area contributed by atoms with E-state index in [1.165, 1.54) is 11.1 Å². The number of aryl methyl sites for hydroxylation is 2. The summed E-state index contributed by atoms with van der Waals surface area (Å²) in [6.45, 7) is 3.86. The normalized spacial score (nSPS) is 11.2. The predicted molar refractivity (Wildman–Crippen MR) is 126 cm³/mol. The van der Waals surface area contributed by atoms with E-state index in [9.17, 15) is 4.79 Å². The minimum absolute atomic E-state index is 0.271. The Kier molecular flexibility index (Phi) is 5.04. The van der Waals surface area contributed by atoms with Crippen LogP contribution in [0.25, 0.3) is 39.2 Å². The van der Waals surface area contributed by atoms with Crippen molar-refractivity contribution in [2.75, 3.05) is 0 Å². The summed E-state index contributed by atoms with van der Waals surface area (Å²) in [6.07, 6.45) is 4.61. The minimum atomic E-state index is -0.403. The Hall–Kier alpha value is -3.48. The van der Waals surface area contributed by atoms with Crippen LogP contribution in [0.15, 0.2) is 70.5 Å². The first kappa shape index (κ1) is 20.4. The number of hydrogen-bond acceptors (Lipinski definition) is 5. The van der Waals surface area contributed by atoms with Crippen molar-refractivity contribution in [3.05, 3.63) is 92.8 Å². The van der Waals surface area contributed by atoms with Crippen LogP contribution in [0.3, 0.4) is 0 Å². The van der Waals surface area contributed by atoms with Gasteiger partial charge in [0.05, 0.1) is 16.2 Å². The van der Waals surface area contributed by atoms with Gasteiger partial charge in [0.25, 0.3) is 5.56 Å². The third-order valence-electron chi connectivity index (χ3n) is 5.10. The van der Waals surface area contributed by atoms with Crippen molar-refractivity contribution in [2.45, 2.75) is 13.8 Å². The Morgan fingerprint density at radius 1 is 0.969 bits per heavy atom. The van der Waals surface area contributed by atoms with Crippen LogP contribution < -0.4 is 5.56 Å². The Labute approximate surface area is 193 Å². The lowest BCUT2D eigenvalue weighted by atomic mass is 10.0. The molecule has 8 heteroatoms. The zero-order chi connectivity index (χ0) is 22.4. The zero-order valence-electron chi connectivity index (χ0n) is 17.1. The maximum atomic E-state index is 13.3. The summed E-state index contributed by atoms with van der Waals surface area (Å²) in [7, 11) is 0. The van der Waals surface area contributed by atoms with Gasteiger partial charge in [0.15, 0.2) is 12.2 Å². The maximum Gasteiger partial charge on any atom is 0.298 e. The van der Waals surface area contributed by atoms with Crippen molar-refractivity contribution in [3.63, 3.8) is 0 Å². The number of fused-ring (bicyclic) bond motifs is 1. The van der Waals surface area contributed by atoms with Crippen molar-refractivity contribution in [1.82, 2.24) is 19.7 Å². The van der Waals surface area contributed by atoms with E-state index in [0.717, 1.165) is 22.3 Å². The zero-order valence-corrected chi connectivity index (χ0v) is 18.6. The first-order chi connectivity index (χ1) is 15.4. The van der Waals surface area contributed by atoms with E-state index in [1.54, 1.807) is 30.6 Å². The summed E-state index contributed by atoms with van der Waals surface area (Å²) < 4.78 is 6.70. The summed E-state index contributed by atoms with van der Waals surface area (Å²) in [4.78, 5) is 21.7. The molecule has 0 spiro atoms. The van der Waals surface area contributed by atoms with Gasteiger partial charge in [0.1, 0.15) is 16.9 Å². The summed E-state index contributed by atoms with van der Waals surface area (Å²) in [5.41, 5.74) is 4.28. The van der Waals surface area contributed by atoms with E-state index in [-0.39, 0.29) is 5.52 Å². The monoisotopic (exact) mass is 462 g/mol. The van der Waals surface area contributed by atoms with Crippen molar-refractivity contribution in [2.24, 2.45) is 0 Å². The second-order valence-corrected chi connectivity index (χ2v) is 8.31. The molecular formula is C24H16Cl2N4O2. The molecule has 0 aliphatic heterocycles. The van der Waals surface area contributed by atoms with Crippen LogP contribution in [-0.2, 0) is 0 Å².